The second-order valence-electron chi connectivity index (χ2n) is 6.14. The molecule has 1 atom stereocenters. The quantitative estimate of drug-likeness (QED) is 0.852. The Morgan fingerprint density at radius 1 is 1.41 bits per heavy atom. The van der Waals surface area contributed by atoms with E-state index in [4.69, 9.17) is 0 Å². The van der Waals surface area contributed by atoms with Crippen molar-refractivity contribution in [2.24, 2.45) is 0 Å². The average molecular weight is 302 g/mol. The zero-order valence-corrected chi connectivity index (χ0v) is 12.8. The van der Waals surface area contributed by atoms with Gasteiger partial charge in [-0.05, 0) is 37.8 Å². The van der Waals surface area contributed by atoms with Gasteiger partial charge in [-0.25, -0.2) is 4.79 Å². The summed E-state index contributed by atoms with van der Waals surface area (Å²) in [7, 11) is 0. The van der Waals surface area contributed by atoms with Crippen LogP contribution < -0.4 is 10.6 Å². The molecule has 118 valence electrons. The van der Waals surface area contributed by atoms with Gasteiger partial charge in [-0.1, -0.05) is 6.07 Å². The van der Waals surface area contributed by atoms with Gasteiger partial charge in [0.05, 0.1) is 6.04 Å². The van der Waals surface area contributed by atoms with Crippen molar-refractivity contribution in [3.05, 3.63) is 29.6 Å². The van der Waals surface area contributed by atoms with E-state index in [1.54, 1.807) is 0 Å². The molecule has 2 aliphatic rings. The van der Waals surface area contributed by atoms with Gasteiger partial charge in [-0.2, -0.15) is 0 Å². The number of hydrogen-bond acceptors (Lipinski definition) is 3. The summed E-state index contributed by atoms with van der Waals surface area (Å²) in [4.78, 5) is 29.8. The lowest BCUT2D eigenvalue weighted by Crippen LogP contribution is -2.44. The molecule has 2 heterocycles. The van der Waals surface area contributed by atoms with Crippen molar-refractivity contribution in [1.82, 2.24) is 20.5 Å². The van der Waals surface area contributed by atoms with Gasteiger partial charge in [-0.3, -0.25) is 9.78 Å². The molecular weight excluding hydrogens is 280 g/mol. The van der Waals surface area contributed by atoms with Crippen LogP contribution in [0.15, 0.2) is 18.3 Å². The maximum absolute atomic E-state index is 11.9. The molecule has 3 rings (SSSR count). The number of amides is 3. The molecule has 1 saturated carbocycles. The first-order chi connectivity index (χ1) is 10.6. The molecule has 6 heteroatoms. The molecule has 1 aliphatic heterocycles. The van der Waals surface area contributed by atoms with Crippen molar-refractivity contribution in [2.45, 2.75) is 44.7 Å². The van der Waals surface area contributed by atoms with Gasteiger partial charge in [-0.15, -0.1) is 0 Å². The number of hydrogen-bond donors (Lipinski definition) is 2. The summed E-state index contributed by atoms with van der Waals surface area (Å²) in [6.07, 6.45) is 5.22. The number of carbonyl (C=O) groups excluding carboxylic acids is 2. The van der Waals surface area contributed by atoms with Crippen LogP contribution in [0.25, 0.3) is 0 Å². The molecule has 1 aromatic rings. The van der Waals surface area contributed by atoms with Gasteiger partial charge in [0.1, 0.15) is 0 Å². The molecule has 6 nitrogen and oxygen atoms in total. The second-order valence-corrected chi connectivity index (χ2v) is 6.14. The maximum atomic E-state index is 11.9. The Hall–Kier alpha value is -2.11. The third-order valence-corrected chi connectivity index (χ3v) is 4.15. The molecular formula is C16H22N4O2. The average Bonchev–Trinajstić information content (AvgIpc) is 3.26. The first-order valence-electron chi connectivity index (χ1n) is 7.87. The predicted octanol–water partition coefficient (Wildman–Crippen LogP) is 0.995. The topological polar surface area (TPSA) is 74.3 Å². The predicted molar refractivity (Wildman–Crippen MR) is 82.4 cm³/mol. The number of nitrogens with one attached hydrogen (secondary N) is 2. The first kappa shape index (κ1) is 14.8. The van der Waals surface area contributed by atoms with Crippen LogP contribution in [-0.2, 0) is 11.2 Å². The highest BCUT2D eigenvalue weighted by Crippen LogP contribution is 2.30. The minimum Gasteiger partial charge on any atom is -0.338 e. The maximum Gasteiger partial charge on any atom is 0.315 e. The van der Waals surface area contributed by atoms with E-state index >= 15 is 0 Å². The van der Waals surface area contributed by atoms with Crippen LogP contribution >= 0.6 is 0 Å². The number of aromatic nitrogens is 1. The van der Waals surface area contributed by atoms with Crippen LogP contribution in [-0.4, -0.2) is 47.0 Å². The summed E-state index contributed by atoms with van der Waals surface area (Å²) in [5, 5.41) is 5.73. The summed E-state index contributed by atoms with van der Waals surface area (Å²) in [5.74, 6) is 0.165. The number of nitrogens with zero attached hydrogens (tertiary/aromatic N) is 2. The summed E-state index contributed by atoms with van der Waals surface area (Å²) in [6, 6.07) is 4.15. The Balaban J connectivity index is 1.37. The number of urea groups is 1. The summed E-state index contributed by atoms with van der Waals surface area (Å²) < 4.78 is 0. The SMILES string of the molecule is Cc1ccc(CCNC(=O)N[C@@H]2CC(=O)N(C3CC3)C2)cn1. The van der Waals surface area contributed by atoms with E-state index in [1.165, 1.54) is 0 Å². The number of aryl methyl sites for hydroxylation is 1. The smallest absolute Gasteiger partial charge is 0.315 e. The Bertz CT molecular complexity index is 554. The Kier molecular flexibility index (Phi) is 4.27. The lowest BCUT2D eigenvalue weighted by Gasteiger charge is -2.16. The number of carbonyl (C=O) groups is 2. The van der Waals surface area contributed by atoms with Gasteiger partial charge in [0, 0.05) is 37.4 Å². The highest BCUT2D eigenvalue weighted by atomic mass is 16.2. The molecule has 1 aliphatic carbocycles. The minimum atomic E-state index is -0.199. The lowest BCUT2D eigenvalue weighted by atomic mass is 10.2. The summed E-state index contributed by atoms with van der Waals surface area (Å²) >= 11 is 0. The number of rotatable bonds is 5. The Labute approximate surface area is 130 Å². The van der Waals surface area contributed by atoms with E-state index < -0.39 is 0 Å². The zero-order chi connectivity index (χ0) is 15.5. The van der Waals surface area contributed by atoms with Gasteiger partial charge < -0.3 is 15.5 Å². The van der Waals surface area contributed by atoms with Crippen molar-refractivity contribution < 1.29 is 9.59 Å². The van der Waals surface area contributed by atoms with Crippen LogP contribution in [0.3, 0.4) is 0 Å². The first-order valence-corrected chi connectivity index (χ1v) is 7.87. The van der Waals surface area contributed by atoms with Crippen LogP contribution in [0.5, 0.6) is 0 Å². The van der Waals surface area contributed by atoms with Gasteiger partial charge >= 0.3 is 6.03 Å². The van der Waals surface area contributed by atoms with Crippen molar-refractivity contribution >= 4 is 11.9 Å². The van der Waals surface area contributed by atoms with E-state index in [0.29, 0.717) is 25.6 Å². The number of likely N-dealkylation sites (tertiary alicyclic amines) is 1. The van der Waals surface area contributed by atoms with Crippen LogP contribution in [0.1, 0.15) is 30.5 Å². The zero-order valence-electron chi connectivity index (χ0n) is 12.8. The largest absolute Gasteiger partial charge is 0.338 e. The third-order valence-electron chi connectivity index (χ3n) is 4.15. The van der Waals surface area contributed by atoms with Gasteiger partial charge in [0.25, 0.3) is 0 Å². The van der Waals surface area contributed by atoms with E-state index in [-0.39, 0.29) is 18.0 Å². The minimum absolute atomic E-state index is 0.0610. The Morgan fingerprint density at radius 3 is 2.91 bits per heavy atom. The fraction of sp³-hybridized carbons (Fsp3) is 0.562. The molecule has 0 unspecified atom stereocenters. The monoisotopic (exact) mass is 302 g/mol. The molecule has 0 aromatic carbocycles. The molecule has 22 heavy (non-hydrogen) atoms. The summed E-state index contributed by atoms with van der Waals surface area (Å²) in [5.41, 5.74) is 2.09. The number of pyridine rings is 1. The van der Waals surface area contributed by atoms with Gasteiger partial charge in [0.2, 0.25) is 5.91 Å². The fourth-order valence-electron chi connectivity index (χ4n) is 2.77. The van der Waals surface area contributed by atoms with Crippen LogP contribution in [0.4, 0.5) is 4.79 Å². The molecule has 2 fully saturated rings. The molecule has 0 spiro atoms. The van der Waals surface area contributed by atoms with Crippen LogP contribution in [0.2, 0.25) is 0 Å². The molecule has 1 saturated heterocycles. The molecule has 0 radical (unpaired) electrons. The molecule has 3 amide bonds. The Morgan fingerprint density at radius 2 is 2.23 bits per heavy atom. The highest BCUT2D eigenvalue weighted by Gasteiger charge is 2.39. The van der Waals surface area contributed by atoms with E-state index in [1.807, 2.05) is 30.2 Å². The van der Waals surface area contributed by atoms with Crippen molar-refractivity contribution in [3.63, 3.8) is 0 Å². The fourth-order valence-corrected chi connectivity index (χ4v) is 2.77. The van der Waals surface area contributed by atoms with E-state index in [2.05, 4.69) is 15.6 Å². The lowest BCUT2D eigenvalue weighted by molar-refractivity contribution is -0.128. The van der Waals surface area contributed by atoms with Crippen molar-refractivity contribution in [3.8, 4) is 0 Å². The van der Waals surface area contributed by atoms with E-state index in [9.17, 15) is 9.59 Å². The van der Waals surface area contributed by atoms with Crippen molar-refractivity contribution in [2.75, 3.05) is 13.1 Å². The van der Waals surface area contributed by atoms with Crippen molar-refractivity contribution in [1.29, 1.82) is 0 Å². The standard InChI is InChI=1S/C16H22N4O2/c1-11-2-3-12(9-18-11)6-7-17-16(22)19-13-8-15(21)20(10-13)14-4-5-14/h2-3,9,13-14H,4-8,10H2,1H3,(H2,17,19,22)/t13-/m1/s1. The van der Waals surface area contributed by atoms with Crippen LogP contribution in [0, 0.1) is 6.92 Å². The third kappa shape index (κ3) is 3.75. The van der Waals surface area contributed by atoms with E-state index in [0.717, 1.165) is 30.5 Å². The van der Waals surface area contributed by atoms with Gasteiger partial charge in [0.15, 0.2) is 0 Å². The molecule has 0 bridgehead atoms. The second kappa shape index (κ2) is 6.34. The summed E-state index contributed by atoms with van der Waals surface area (Å²) in [6.45, 7) is 3.16. The molecule has 1 aromatic heterocycles. The molecule has 2 N–H and O–H groups in total. The normalized spacial score (nSPS) is 21.0. The highest BCUT2D eigenvalue weighted by molar-refractivity contribution is 5.82.